The maximum absolute atomic E-state index is 5.00. The van der Waals surface area contributed by atoms with E-state index in [0.717, 1.165) is 23.5 Å². The molecule has 0 unspecified atom stereocenters. The zero-order chi connectivity index (χ0) is 19.3. The number of hydrogen-bond donors (Lipinski definition) is 0. The molecule has 3 aromatic carbocycles. The van der Waals surface area contributed by atoms with Crippen molar-refractivity contribution in [3.05, 3.63) is 106 Å². The second-order valence-electron chi connectivity index (χ2n) is 7.06. The van der Waals surface area contributed by atoms with Crippen LogP contribution in [0.5, 0.6) is 0 Å². The smallest absolute Gasteiger partial charge is 0.190 e. The average molecular weight is 385 g/mol. The minimum absolute atomic E-state index is 0.904. The molecule has 0 atom stereocenters. The number of thiazole rings is 1. The highest BCUT2D eigenvalue weighted by molar-refractivity contribution is 7.07. The molecule has 0 aliphatic carbocycles. The summed E-state index contributed by atoms with van der Waals surface area (Å²) in [7, 11) is 0. The Balaban J connectivity index is 1.77. The summed E-state index contributed by atoms with van der Waals surface area (Å²) in [5, 5.41) is 2.23. The molecular formula is C25H24N2S. The van der Waals surface area contributed by atoms with Gasteiger partial charge in [0.2, 0.25) is 0 Å². The van der Waals surface area contributed by atoms with Crippen LogP contribution in [0.4, 0.5) is 5.69 Å². The molecule has 0 aliphatic rings. The van der Waals surface area contributed by atoms with Crippen LogP contribution in [0.3, 0.4) is 0 Å². The van der Waals surface area contributed by atoms with Gasteiger partial charge in [0, 0.05) is 11.9 Å². The predicted octanol–water partition coefficient (Wildman–Crippen LogP) is 6.31. The molecular weight excluding hydrogens is 360 g/mol. The van der Waals surface area contributed by atoms with Crippen molar-refractivity contribution in [3.8, 4) is 11.3 Å². The molecule has 4 aromatic rings. The van der Waals surface area contributed by atoms with Gasteiger partial charge in [-0.3, -0.25) is 0 Å². The van der Waals surface area contributed by atoms with Crippen LogP contribution in [0.15, 0.2) is 89.2 Å². The Morgan fingerprint density at radius 2 is 1.54 bits per heavy atom. The zero-order valence-electron chi connectivity index (χ0n) is 16.3. The number of aryl methyl sites for hydroxylation is 3. The second kappa shape index (κ2) is 8.41. The largest absolute Gasteiger partial charge is 0.316 e. The Morgan fingerprint density at radius 3 is 2.29 bits per heavy atom. The first-order chi connectivity index (χ1) is 13.7. The molecule has 3 heteroatoms. The third-order valence-electron chi connectivity index (χ3n) is 4.94. The van der Waals surface area contributed by atoms with E-state index < -0.39 is 0 Å². The van der Waals surface area contributed by atoms with E-state index in [0.29, 0.717) is 0 Å². The topological polar surface area (TPSA) is 17.3 Å². The van der Waals surface area contributed by atoms with Gasteiger partial charge in [0.15, 0.2) is 4.80 Å². The minimum Gasteiger partial charge on any atom is -0.316 e. The van der Waals surface area contributed by atoms with Gasteiger partial charge in [0.25, 0.3) is 0 Å². The Bertz CT molecular complexity index is 1120. The number of nitrogens with zero attached hydrogens (tertiary/aromatic N) is 2. The van der Waals surface area contributed by atoms with Crippen LogP contribution in [0.2, 0.25) is 0 Å². The lowest BCUT2D eigenvalue weighted by atomic mass is 10.1. The summed E-state index contributed by atoms with van der Waals surface area (Å²) in [4.78, 5) is 6.04. The Morgan fingerprint density at radius 1 is 0.821 bits per heavy atom. The first-order valence-electron chi connectivity index (χ1n) is 9.60. The Kier molecular flexibility index (Phi) is 5.54. The number of aromatic nitrogens is 1. The van der Waals surface area contributed by atoms with Gasteiger partial charge in [-0.25, -0.2) is 4.99 Å². The maximum Gasteiger partial charge on any atom is 0.190 e. The van der Waals surface area contributed by atoms with E-state index in [4.69, 9.17) is 4.99 Å². The van der Waals surface area contributed by atoms with Crippen LogP contribution in [0.1, 0.15) is 16.7 Å². The fourth-order valence-corrected chi connectivity index (χ4v) is 4.22. The van der Waals surface area contributed by atoms with E-state index in [1.165, 1.54) is 27.9 Å². The van der Waals surface area contributed by atoms with Crippen LogP contribution in [-0.4, -0.2) is 4.57 Å². The molecule has 0 amide bonds. The molecule has 140 valence electrons. The molecule has 0 spiro atoms. The quantitative estimate of drug-likeness (QED) is 0.384. The summed E-state index contributed by atoms with van der Waals surface area (Å²) in [6, 6.07) is 27.7. The summed E-state index contributed by atoms with van der Waals surface area (Å²) < 4.78 is 2.36. The van der Waals surface area contributed by atoms with E-state index in [-0.39, 0.29) is 0 Å². The van der Waals surface area contributed by atoms with Crippen molar-refractivity contribution in [2.75, 3.05) is 0 Å². The van der Waals surface area contributed by atoms with Gasteiger partial charge in [0.05, 0.1) is 11.4 Å². The highest BCUT2D eigenvalue weighted by Crippen LogP contribution is 2.23. The first kappa shape index (κ1) is 18.5. The predicted molar refractivity (Wildman–Crippen MR) is 119 cm³/mol. The summed E-state index contributed by atoms with van der Waals surface area (Å²) >= 11 is 1.71. The third kappa shape index (κ3) is 4.15. The lowest BCUT2D eigenvalue weighted by Gasteiger charge is -2.10. The number of benzene rings is 3. The van der Waals surface area contributed by atoms with Crippen LogP contribution in [0.25, 0.3) is 11.3 Å². The lowest BCUT2D eigenvalue weighted by molar-refractivity contribution is 0.684. The normalized spacial score (nSPS) is 11.7. The highest BCUT2D eigenvalue weighted by atomic mass is 32.1. The van der Waals surface area contributed by atoms with Crippen molar-refractivity contribution >= 4 is 17.0 Å². The van der Waals surface area contributed by atoms with E-state index >= 15 is 0 Å². The molecule has 0 N–H and O–H groups in total. The lowest BCUT2D eigenvalue weighted by Crippen LogP contribution is -2.17. The molecule has 0 fully saturated rings. The molecule has 1 aromatic heterocycles. The van der Waals surface area contributed by atoms with Gasteiger partial charge in [-0.15, -0.1) is 11.3 Å². The summed E-state index contributed by atoms with van der Waals surface area (Å²) in [6.45, 7) is 5.14. The van der Waals surface area contributed by atoms with Crippen LogP contribution in [0, 0.1) is 13.8 Å². The van der Waals surface area contributed by atoms with Gasteiger partial charge >= 0.3 is 0 Å². The third-order valence-corrected chi connectivity index (χ3v) is 5.81. The van der Waals surface area contributed by atoms with E-state index in [1.807, 2.05) is 0 Å². The van der Waals surface area contributed by atoms with Gasteiger partial charge < -0.3 is 4.57 Å². The fourth-order valence-electron chi connectivity index (χ4n) is 3.27. The van der Waals surface area contributed by atoms with E-state index in [2.05, 4.69) is 103 Å². The molecule has 0 bridgehead atoms. The maximum atomic E-state index is 5.00. The molecule has 0 saturated heterocycles. The van der Waals surface area contributed by atoms with Crippen LogP contribution >= 0.6 is 11.3 Å². The average Bonchev–Trinajstić information content (AvgIpc) is 3.12. The fraction of sp³-hybridized carbons (Fsp3) is 0.160. The minimum atomic E-state index is 0.904. The molecule has 1 heterocycles. The van der Waals surface area contributed by atoms with Gasteiger partial charge in [-0.2, -0.15) is 0 Å². The highest BCUT2D eigenvalue weighted by Gasteiger charge is 2.09. The van der Waals surface area contributed by atoms with Crippen molar-refractivity contribution in [3.63, 3.8) is 0 Å². The van der Waals surface area contributed by atoms with Crippen molar-refractivity contribution < 1.29 is 0 Å². The summed E-state index contributed by atoms with van der Waals surface area (Å²) in [5.41, 5.74) is 7.32. The van der Waals surface area contributed by atoms with Gasteiger partial charge in [-0.05, 0) is 43.0 Å². The zero-order valence-corrected chi connectivity index (χ0v) is 17.1. The number of hydrogen-bond acceptors (Lipinski definition) is 2. The van der Waals surface area contributed by atoms with Crippen molar-refractivity contribution in [1.82, 2.24) is 4.57 Å². The Labute approximate surface area is 170 Å². The number of rotatable bonds is 5. The molecule has 0 aliphatic heterocycles. The van der Waals surface area contributed by atoms with Crippen LogP contribution < -0.4 is 4.80 Å². The van der Waals surface area contributed by atoms with Gasteiger partial charge in [0.1, 0.15) is 0 Å². The van der Waals surface area contributed by atoms with E-state index in [1.54, 1.807) is 11.3 Å². The monoisotopic (exact) mass is 384 g/mol. The summed E-state index contributed by atoms with van der Waals surface area (Å²) in [6.07, 6.45) is 0.984. The standard InChI is InChI=1S/C25H24N2S/c1-19-12-14-22(15-13-19)24-18-28-25(26-23-11-7-6-8-20(23)2)27(24)17-16-21-9-4-3-5-10-21/h3-15,18H,16-17H2,1-2H3. The molecule has 0 radical (unpaired) electrons. The van der Waals surface area contributed by atoms with Crippen molar-refractivity contribution in [1.29, 1.82) is 0 Å². The van der Waals surface area contributed by atoms with E-state index in [9.17, 15) is 0 Å². The Hall–Kier alpha value is -2.91. The number of para-hydroxylation sites is 1. The molecule has 4 rings (SSSR count). The SMILES string of the molecule is Cc1ccc(-c2csc(=Nc3ccccc3C)n2CCc2ccccc2)cc1. The molecule has 0 saturated carbocycles. The second-order valence-corrected chi connectivity index (χ2v) is 7.89. The summed E-state index contributed by atoms with van der Waals surface area (Å²) in [5.74, 6) is 0. The van der Waals surface area contributed by atoms with Gasteiger partial charge in [-0.1, -0.05) is 78.4 Å². The first-order valence-corrected chi connectivity index (χ1v) is 10.5. The van der Waals surface area contributed by atoms with Crippen molar-refractivity contribution in [2.24, 2.45) is 4.99 Å². The molecule has 28 heavy (non-hydrogen) atoms. The van der Waals surface area contributed by atoms with Crippen molar-refractivity contribution in [2.45, 2.75) is 26.8 Å². The molecule has 2 nitrogen and oxygen atoms in total. The van der Waals surface area contributed by atoms with Crippen LogP contribution in [-0.2, 0) is 13.0 Å².